The minimum Gasteiger partial charge on any atom is -0.421 e. The van der Waals surface area contributed by atoms with Crippen molar-refractivity contribution in [1.82, 2.24) is 0 Å². The highest BCUT2D eigenvalue weighted by Crippen LogP contribution is 2.16. The SMILES string of the molecule is C=Cc1ccc(N)cc1.CCO[SiH](C)C.CCO[Si](C)(C)CCc1ccc(N)cc1. The monoisotopic (exact) mass is 446 g/mol. The van der Waals surface area contributed by atoms with Gasteiger partial charge >= 0.3 is 0 Å². The second kappa shape index (κ2) is 15.9. The molecule has 2 aromatic carbocycles. The van der Waals surface area contributed by atoms with E-state index in [2.05, 4.69) is 51.8 Å². The van der Waals surface area contributed by atoms with E-state index in [-0.39, 0.29) is 0 Å². The van der Waals surface area contributed by atoms with Gasteiger partial charge in [-0.05, 0) is 87.9 Å². The number of hydrogen-bond donors (Lipinski definition) is 2. The van der Waals surface area contributed by atoms with Crippen molar-refractivity contribution in [1.29, 1.82) is 0 Å². The normalized spacial score (nSPS) is 10.5. The number of nitrogen functional groups attached to an aromatic ring is 2. The predicted molar refractivity (Wildman–Crippen MR) is 140 cm³/mol. The largest absolute Gasteiger partial charge is 0.421 e. The molecule has 0 saturated heterocycles. The van der Waals surface area contributed by atoms with Gasteiger partial charge in [0.05, 0.1) is 0 Å². The van der Waals surface area contributed by atoms with Crippen molar-refractivity contribution in [3.05, 3.63) is 66.2 Å². The number of anilines is 2. The van der Waals surface area contributed by atoms with Crippen LogP contribution in [0.1, 0.15) is 25.0 Å². The van der Waals surface area contributed by atoms with Gasteiger partial charge in [-0.1, -0.05) is 36.9 Å². The molecule has 0 spiro atoms. The van der Waals surface area contributed by atoms with Gasteiger partial charge in [0.15, 0.2) is 17.4 Å². The fourth-order valence-corrected chi connectivity index (χ4v) is 5.04. The highest BCUT2D eigenvalue weighted by atomic mass is 28.4. The van der Waals surface area contributed by atoms with Crippen molar-refractivity contribution >= 4 is 34.8 Å². The lowest BCUT2D eigenvalue weighted by atomic mass is 10.1. The van der Waals surface area contributed by atoms with Crippen LogP contribution in [0.2, 0.25) is 32.2 Å². The average molecular weight is 447 g/mol. The first-order valence-corrected chi connectivity index (χ1v) is 16.6. The molecule has 4 nitrogen and oxygen atoms in total. The quantitative estimate of drug-likeness (QED) is 0.387. The van der Waals surface area contributed by atoms with Gasteiger partial charge < -0.3 is 20.3 Å². The van der Waals surface area contributed by atoms with E-state index in [0.29, 0.717) is 0 Å². The van der Waals surface area contributed by atoms with Crippen LogP contribution in [0.3, 0.4) is 0 Å². The van der Waals surface area contributed by atoms with Crippen molar-refractivity contribution in [2.45, 2.75) is 52.5 Å². The van der Waals surface area contributed by atoms with Gasteiger partial charge in [0, 0.05) is 24.6 Å². The molecule has 0 aliphatic carbocycles. The summed E-state index contributed by atoms with van der Waals surface area (Å²) >= 11 is 0. The molecule has 0 fully saturated rings. The van der Waals surface area contributed by atoms with Crippen molar-refractivity contribution in [3.8, 4) is 0 Å². The Bertz CT molecular complexity index is 687. The van der Waals surface area contributed by atoms with Crippen LogP contribution in [0.25, 0.3) is 6.08 Å². The molecule has 0 amide bonds. The number of rotatable bonds is 8. The Morgan fingerprint density at radius 2 is 1.40 bits per heavy atom. The second-order valence-electron chi connectivity index (χ2n) is 7.81. The number of nitrogens with two attached hydrogens (primary N) is 2. The molecule has 0 saturated carbocycles. The maximum Gasteiger partial charge on any atom is 0.187 e. The zero-order valence-corrected chi connectivity index (χ0v) is 21.9. The van der Waals surface area contributed by atoms with Crippen molar-refractivity contribution in [2.24, 2.45) is 0 Å². The van der Waals surface area contributed by atoms with E-state index >= 15 is 0 Å². The molecule has 0 unspecified atom stereocenters. The molecular formula is C24H42N2O2Si2. The lowest BCUT2D eigenvalue weighted by Crippen LogP contribution is -2.30. The van der Waals surface area contributed by atoms with Gasteiger partial charge in [-0.25, -0.2) is 0 Å². The summed E-state index contributed by atoms with van der Waals surface area (Å²) in [5.41, 5.74) is 15.2. The van der Waals surface area contributed by atoms with Gasteiger partial charge in [-0.15, -0.1) is 0 Å². The van der Waals surface area contributed by atoms with Gasteiger partial charge in [-0.3, -0.25) is 0 Å². The summed E-state index contributed by atoms with van der Waals surface area (Å²) in [4.78, 5) is 0. The Morgan fingerprint density at radius 3 is 1.77 bits per heavy atom. The van der Waals surface area contributed by atoms with Crippen LogP contribution in [0.5, 0.6) is 0 Å². The van der Waals surface area contributed by atoms with Gasteiger partial charge in [0.25, 0.3) is 0 Å². The fourth-order valence-electron chi connectivity index (χ4n) is 2.56. The summed E-state index contributed by atoms with van der Waals surface area (Å²) in [5.74, 6) is 0. The molecule has 168 valence electrons. The molecule has 0 aromatic heterocycles. The molecule has 30 heavy (non-hydrogen) atoms. The predicted octanol–water partition coefficient (Wildman–Crippen LogP) is 5.97. The number of benzene rings is 2. The fraction of sp³-hybridized carbons (Fsp3) is 0.417. The summed E-state index contributed by atoms with van der Waals surface area (Å²) in [5, 5.41) is 0. The highest BCUT2D eigenvalue weighted by molar-refractivity contribution is 6.71. The first kappa shape index (κ1) is 28.1. The summed E-state index contributed by atoms with van der Waals surface area (Å²) in [6.07, 6.45) is 2.89. The van der Waals surface area contributed by atoms with E-state index in [4.69, 9.17) is 20.3 Å². The molecule has 0 atom stereocenters. The van der Waals surface area contributed by atoms with Crippen LogP contribution >= 0.6 is 0 Å². The molecule has 0 aliphatic rings. The molecule has 4 N–H and O–H groups in total. The highest BCUT2D eigenvalue weighted by Gasteiger charge is 2.20. The zero-order valence-electron chi connectivity index (χ0n) is 19.8. The van der Waals surface area contributed by atoms with E-state index in [1.807, 2.05) is 43.3 Å². The van der Waals surface area contributed by atoms with Crippen LogP contribution in [0.15, 0.2) is 55.1 Å². The Kier molecular flexibility index (Phi) is 14.9. The molecule has 6 heteroatoms. The maximum atomic E-state index is 5.79. The topological polar surface area (TPSA) is 70.5 Å². The summed E-state index contributed by atoms with van der Waals surface area (Å²) < 4.78 is 11.0. The van der Waals surface area contributed by atoms with Crippen LogP contribution in [-0.2, 0) is 15.3 Å². The average Bonchev–Trinajstić information content (AvgIpc) is 2.69. The molecule has 0 aliphatic heterocycles. The first-order valence-electron chi connectivity index (χ1n) is 10.7. The standard InChI is InChI=1S/C12H21NOSi.C8H9N.C4H12OSi/c1-4-14-15(2,3)10-9-11-5-7-12(13)8-6-11;1-2-7-3-5-8(9)6-4-7;1-4-5-6(2)3/h5-8H,4,9-10,13H2,1-3H3;2-6H,1,9H2;6H,4H2,1-3H3. The Morgan fingerprint density at radius 1 is 0.900 bits per heavy atom. The van der Waals surface area contributed by atoms with Crippen LogP contribution < -0.4 is 11.5 Å². The minimum absolute atomic E-state index is 0.671. The Balaban J connectivity index is 0.000000475. The van der Waals surface area contributed by atoms with E-state index in [1.165, 1.54) is 11.6 Å². The zero-order chi connectivity index (χ0) is 23.0. The molecule has 0 heterocycles. The number of hydrogen-bond acceptors (Lipinski definition) is 4. The van der Waals surface area contributed by atoms with Crippen molar-refractivity contribution in [3.63, 3.8) is 0 Å². The number of aryl methyl sites for hydroxylation is 1. The molecular weight excluding hydrogens is 404 g/mol. The molecule has 0 radical (unpaired) electrons. The van der Waals surface area contributed by atoms with E-state index in [0.717, 1.165) is 36.6 Å². The first-order chi connectivity index (χ1) is 14.1. The lowest BCUT2D eigenvalue weighted by molar-refractivity contribution is 0.329. The van der Waals surface area contributed by atoms with Crippen LogP contribution in [0, 0.1) is 0 Å². The van der Waals surface area contributed by atoms with Crippen molar-refractivity contribution in [2.75, 3.05) is 24.7 Å². The summed E-state index contributed by atoms with van der Waals surface area (Å²) in [6, 6.07) is 16.9. The van der Waals surface area contributed by atoms with Gasteiger partial charge in [-0.2, -0.15) is 0 Å². The van der Waals surface area contributed by atoms with Crippen LogP contribution in [-0.4, -0.2) is 30.6 Å². The molecule has 2 rings (SSSR count). The summed E-state index contributed by atoms with van der Waals surface area (Å²) in [7, 11) is -2.10. The van der Waals surface area contributed by atoms with E-state index in [9.17, 15) is 0 Å². The van der Waals surface area contributed by atoms with Crippen molar-refractivity contribution < 1.29 is 8.85 Å². The summed E-state index contributed by atoms with van der Waals surface area (Å²) in [6.45, 7) is 18.3. The third-order valence-electron chi connectivity index (χ3n) is 4.20. The van der Waals surface area contributed by atoms with Gasteiger partial charge in [0.2, 0.25) is 0 Å². The van der Waals surface area contributed by atoms with E-state index in [1.54, 1.807) is 6.08 Å². The maximum absolute atomic E-state index is 5.79. The Labute approximate surface area is 187 Å². The Hall–Kier alpha value is -1.87. The van der Waals surface area contributed by atoms with Gasteiger partial charge in [0.1, 0.15) is 0 Å². The third-order valence-corrected chi connectivity index (χ3v) is 7.73. The van der Waals surface area contributed by atoms with E-state index < -0.39 is 17.4 Å². The third kappa shape index (κ3) is 15.0. The minimum atomic E-state index is -1.43. The van der Waals surface area contributed by atoms with Crippen LogP contribution in [0.4, 0.5) is 11.4 Å². The molecule has 0 bridgehead atoms. The lowest BCUT2D eigenvalue weighted by Gasteiger charge is -2.21. The second-order valence-corrected chi connectivity index (χ2v) is 14.5. The molecule has 2 aromatic rings. The smallest absolute Gasteiger partial charge is 0.187 e.